The van der Waals surface area contributed by atoms with Crippen LogP contribution in [0, 0.1) is 0 Å². The summed E-state index contributed by atoms with van der Waals surface area (Å²) >= 11 is 3.48. The summed E-state index contributed by atoms with van der Waals surface area (Å²) in [6.07, 6.45) is 5.20. The molecule has 0 heterocycles. The maximum atomic E-state index is 5.84. The molecule has 0 aliphatic rings. The predicted octanol–water partition coefficient (Wildman–Crippen LogP) is 3.01. The Morgan fingerprint density at radius 3 is 2.89 bits per heavy atom. The summed E-state index contributed by atoms with van der Waals surface area (Å²) in [5.41, 5.74) is 6.93. The largest absolute Gasteiger partial charge is 0.496 e. The summed E-state index contributed by atoms with van der Waals surface area (Å²) in [6, 6.07) is 6.09. The summed E-state index contributed by atoms with van der Waals surface area (Å²) in [6.45, 7) is 3.47. The number of rotatable bonds is 7. The molecule has 1 aromatic carbocycles. The van der Waals surface area contributed by atoms with E-state index in [9.17, 15) is 0 Å². The highest BCUT2D eigenvalue weighted by atomic mass is 79.9. The van der Waals surface area contributed by atoms with Crippen LogP contribution in [0.4, 0.5) is 0 Å². The quantitative estimate of drug-likeness (QED) is 0.601. The van der Waals surface area contributed by atoms with Crippen molar-refractivity contribution < 1.29 is 4.74 Å². The van der Waals surface area contributed by atoms with Crippen molar-refractivity contribution in [2.45, 2.75) is 19.4 Å². The number of allylic oxidation sites excluding steroid dienone is 1. The molecule has 0 spiro atoms. The van der Waals surface area contributed by atoms with E-state index in [-0.39, 0.29) is 6.04 Å². The van der Waals surface area contributed by atoms with Crippen molar-refractivity contribution >= 4 is 15.9 Å². The van der Waals surface area contributed by atoms with E-state index >= 15 is 0 Å². The van der Waals surface area contributed by atoms with Crippen molar-refractivity contribution in [3.05, 3.63) is 40.4 Å². The van der Waals surface area contributed by atoms with Crippen LogP contribution >= 0.6 is 15.9 Å². The van der Waals surface area contributed by atoms with Gasteiger partial charge >= 0.3 is 0 Å². The minimum Gasteiger partial charge on any atom is -0.496 e. The maximum Gasteiger partial charge on any atom is 0.123 e. The van der Waals surface area contributed by atoms with E-state index < -0.39 is 0 Å². The molecule has 4 heteroatoms. The first-order chi connectivity index (χ1) is 8.72. The lowest BCUT2D eigenvalue weighted by molar-refractivity contribution is 0.399. The second kappa shape index (κ2) is 8.29. The second-order valence-electron chi connectivity index (χ2n) is 3.99. The van der Waals surface area contributed by atoms with Crippen molar-refractivity contribution in [2.24, 2.45) is 5.73 Å². The normalized spacial score (nSPS) is 12.9. The van der Waals surface area contributed by atoms with Gasteiger partial charge in [0.15, 0.2) is 0 Å². The van der Waals surface area contributed by atoms with Crippen LogP contribution in [0.3, 0.4) is 0 Å². The van der Waals surface area contributed by atoms with Gasteiger partial charge < -0.3 is 15.8 Å². The van der Waals surface area contributed by atoms with E-state index in [2.05, 4.69) is 39.5 Å². The molecule has 0 amide bonds. The Kier molecular flexibility index (Phi) is 7.01. The second-order valence-corrected chi connectivity index (χ2v) is 4.90. The van der Waals surface area contributed by atoms with Gasteiger partial charge in [-0.2, -0.15) is 0 Å². The summed E-state index contributed by atoms with van der Waals surface area (Å²) in [5, 5.41) is 3.45. The topological polar surface area (TPSA) is 47.3 Å². The van der Waals surface area contributed by atoms with E-state index in [1.807, 2.05) is 19.1 Å². The summed E-state index contributed by atoms with van der Waals surface area (Å²) < 4.78 is 6.41. The number of benzene rings is 1. The molecule has 1 aromatic rings. The third-order valence-corrected chi connectivity index (χ3v) is 3.23. The first-order valence-corrected chi connectivity index (χ1v) is 6.90. The highest BCUT2D eigenvalue weighted by molar-refractivity contribution is 9.10. The van der Waals surface area contributed by atoms with Gasteiger partial charge in [0.1, 0.15) is 5.75 Å². The van der Waals surface area contributed by atoms with Crippen LogP contribution in [0.15, 0.2) is 34.8 Å². The number of hydrogen-bond donors (Lipinski definition) is 2. The molecule has 18 heavy (non-hydrogen) atoms. The third-order valence-electron chi connectivity index (χ3n) is 2.74. The molecule has 3 N–H and O–H groups in total. The van der Waals surface area contributed by atoms with Crippen molar-refractivity contribution in [2.75, 3.05) is 20.2 Å². The van der Waals surface area contributed by atoms with Crippen LogP contribution in [-0.2, 0) is 0 Å². The Balaban J connectivity index is 2.77. The van der Waals surface area contributed by atoms with Crippen LogP contribution in [0.2, 0.25) is 0 Å². The maximum absolute atomic E-state index is 5.84. The number of nitrogens with two attached hydrogens (primary N) is 1. The van der Waals surface area contributed by atoms with Gasteiger partial charge in [0, 0.05) is 22.6 Å². The van der Waals surface area contributed by atoms with E-state index in [0.29, 0.717) is 6.54 Å². The van der Waals surface area contributed by atoms with Gasteiger partial charge in [-0.1, -0.05) is 28.1 Å². The Bertz CT molecular complexity index is 393. The first-order valence-electron chi connectivity index (χ1n) is 6.11. The van der Waals surface area contributed by atoms with Gasteiger partial charge in [0.25, 0.3) is 0 Å². The molecule has 100 valence electrons. The van der Waals surface area contributed by atoms with Gasteiger partial charge in [0.2, 0.25) is 0 Å². The number of ether oxygens (including phenoxy) is 1. The highest BCUT2D eigenvalue weighted by Gasteiger charge is 2.14. The van der Waals surface area contributed by atoms with Crippen LogP contribution in [0.5, 0.6) is 5.75 Å². The number of hydrogen-bond acceptors (Lipinski definition) is 3. The molecule has 3 nitrogen and oxygen atoms in total. The average molecular weight is 313 g/mol. The van der Waals surface area contributed by atoms with Gasteiger partial charge in [-0.25, -0.2) is 0 Å². The fourth-order valence-corrected chi connectivity index (χ4v) is 2.18. The fourth-order valence-electron chi connectivity index (χ4n) is 1.81. The Hall–Kier alpha value is -0.840. The number of nitrogens with one attached hydrogen (secondary N) is 1. The zero-order chi connectivity index (χ0) is 13.4. The first kappa shape index (κ1) is 15.2. The van der Waals surface area contributed by atoms with Crippen molar-refractivity contribution in [3.63, 3.8) is 0 Å². The molecule has 1 atom stereocenters. The molecule has 0 aliphatic carbocycles. The molecule has 1 rings (SSSR count). The lowest BCUT2D eigenvalue weighted by Crippen LogP contribution is -2.29. The average Bonchev–Trinajstić information content (AvgIpc) is 2.39. The Labute approximate surface area is 118 Å². The molecular weight excluding hydrogens is 292 g/mol. The molecule has 0 radical (unpaired) electrons. The van der Waals surface area contributed by atoms with Crippen LogP contribution in [0.25, 0.3) is 0 Å². The van der Waals surface area contributed by atoms with Gasteiger partial charge in [-0.3, -0.25) is 0 Å². The Morgan fingerprint density at radius 2 is 2.28 bits per heavy atom. The molecule has 0 aliphatic heterocycles. The predicted molar refractivity (Wildman–Crippen MR) is 79.9 cm³/mol. The summed E-state index contributed by atoms with van der Waals surface area (Å²) in [4.78, 5) is 0. The van der Waals surface area contributed by atoms with E-state index in [4.69, 9.17) is 10.5 Å². The van der Waals surface area contributed by atoms with Crippen LogP contribution < -0.4 is 15.8 Å². The highest BCUT2D eigenvalue weighted by Crippen LogP contribution is 2.28. The summed E-state index contributed by atoms with van der Waals surface area (Å²) in [7, 11) is 1.68. The van der Waals surface area contributed by atoms with Crippen molar-refractivity contribution in [1.29, 1.82) is 0 Å². The zero-order valence-corrected chi connectivity index (χ0v) is 12.5. The number of halogens is 1. The van der Waals surface area contributed by atoms with Crippen LogP contribution in [-0.4, -0.2) is 20.2 Å². The number of methoxy groups -OCH3 is 1. The lowest BCUT2D eigenvalue weighted by Gasteiger charge is -2.20. The minimum absolute atomic E-state index is 0.114. The molecule has 0 saturated heterocycles. The van der Waals surface area contributed by atoms with Crippen LogP contribution in [0.1, 0.15) is 24.9 Å². The monoisotopic (exact) mass is 312 g/mol. The zero-order valence-electron chi connectivity index (χ0n) is 10.9. The van der Waals surface area contributed by atoms with Crippen molar-refractivity contribution in [3.8, 4) is 5.75 Å². The van der Waals surface area contributed by atoms with E-state index in [0.717, 1.165) is 28.8 Å². The van der Waals surface area contributed by atoms with Gasteiger partial charge in [-0.15, -0.1) is 0 Å². The van der Waals surface area contributed by atoms with Gasteiger partial charge in [-0.05, 0) is 38.1 Å². The molecule has 0 bridgehead atoms. The molecule has 1 unspecified atom stereocenters. The standard InChI is InChI=1S/C14H21BrN2O/c1-3-4-5-8-17-13(10-16)12-9-11(15)6-7-14(12)18-2/h3-4,6-7,9,13,17H,5,8,10,16H2,1-2H3/b4-3+. The Morgan fingerprint density at radius 1 is 1.50 bits per heavy atom. The molecular formula is C14H21BrN2O. The summed E-state index contributed by atoms with van der Waals surface area (Å²) in [5.74, 6) is 0.868. The lowest BCUT2D eigenvalue weighted by atomic mass is 10.1. The van der Waals surface area contributed by atoms with E-state index in [1.165, 1.54) is 0 Å². The smallest absolute Gasteiger partial charge is 0.123 e. The minimum atomic E-state index is 0.114. The van der Waals surface area contributed by atoms with E-state index in [1.54, 1.807) is 7.11 Å². The van der Waals surface area contributed by atoms with Crippen molar-refractivity contribution in [1.82, 2.24) is 5.32 Å². The molecule has 0 saturated carbocycles. The third kappa shape index (κ3) is 4.44. The molecule has 0 fully saturated rings. The SMILES string of the molecule is C/C=C/CCNC(CN)c1cc(Br)ccc1OC. The molecule has 0 aromatic heterocycles. The fraction of sp³-hybridized carbons (Fsp3) is 0.429. The van der Waals surface area contributed by atoms with Gasteiger partial charge in [0.05, 0.1) is 7.11 Å².